The molecule has 4 aliphatic rings. The third kappa shape index (κ3) is 3.71. The summed E-state index contributed by atoms with van der Waals surface area (Å²) in [5.41, 5.74) is 2.94. The van der Waals surface area contributed by atoms with Gasteiger partial charge in [-0.05, 0) is 79.6 Å². The molecule has 0 spiro atoms. The topological polar surface area (TPSA) is 49.7 Å². The van der Waals surface area contributed by atoms with Crippen molar-refractivity contribution in [2.75, 3.05) is 13.2 Å². The summed E-state index contributed by atoms with van der Waals surface area (Å²) in [5, 5.41) is 20.4. The van der Waals surface area contributed by atoms with Gasteiger partial charge in [0.15, 0.2) is 0 Å². The van der Waals surface area contributed by atoms with Crippen LogP contribution in [-0.4, -0.2) is 35.1 Å². The van der Waals surface area contributed by atoms with Crippen LogP contribution in [0, 0.1) is 34.5 Å². The predicted octanol–water partition coefficient (Wildman–Crippen LogP) is 5.88. The van der Waals surface area contributed by atoms with Crippen LogP contribution in [0.5, 0.6) is 0 Å². The summed E-state index contributed by atoms with van der Waals surface area (Å²) < 4.78 is 6.63. The minimum atomic E-state index is -0.855. The number of rotatable bonds is 6. The Labute approximate surface area is 184 Å². The van der Waals surface area contributed by atoms with Gasteiger partial charge in [0, 0.05) is 5.41 Å². The summed E-state index contributed by atoms with van der Waals surface area (Å²) in [4.78, 5) is 0. The summed E-state index contributed by atoms with van der Waals surface area (Å²) in [5.74, 6) is 2.72. The molecule has 0 radical (unpaired) electrons. The predicted molar refractivity (Wildman–Crippen MR) is 122 cm³/mol. The Hall–Kier alpha value is -0.380. The molecule has 3 heteroatoms. The quantitative estimate of drug-likeness (QED) is 0.529. The number of fused-ring (bicyclic) bond motifs is 4. The maximum absolute atomic E-state index is 10.7. The highest BCUT2D eigenvalue weighted by atomic mass is 16.5. The first-order valence-corrected chi connectivity index (χ1v) is 12.8. The van der Waals surface area contributed by atoms with E-state index in [2.05, 4.69) is 34.6 Å². The zero-order valence-electron chi connectivity index (χ0n) is 20.2. The molecule has 2 N–H and O–H groups in total. The van der Waals surface area contributed by atoms with E-state index in [0.717, 1.165) is 50.5 Å². The van der Waals surface area contributed by atoms with Gasteiger partial charge in [-0.2, -0.15) is 0 Å². The smallest absolute Gasteiger partial charge is 0.0880 e. The third-order valence-electron chi connectivity index (χ3n) is 10.0. The monoisotopic (exact) mass is 418 g/mol. The van der Waals surface area contributed by atoms with Gasteiger partial charge in [0.2, 0.25) is 0 Å². The number of hydrogen-bond acceptors (Lipinski definition) is 3. The first-order chi connectivity index (χ1) is 14.1. The van der Waals surface area contributed by atoms with Crippen molar-refractivity contribution in [3.8, 4) is 0 Å². The van der Waals surface area contributed by atoms with Gasteiger partial charge >= 0.3 is 0 Å². The molecule has 0 amide bonds. The second-order valence-corrected chi connectivity index (χ2v) is 12.4. The highest BCUT2D eigenvalue weighted by molar-refractivity contribution is 5.35. The second-order valence-electron chi connectivity index (χ2n) is 12.4. The van der Waals surface area contributed by atoms with E-state index in [0.29, 0.717) is 23.4 Å². The average molecular weight is 419 g/mol. The van der Waals surface area contributed by atoms with Crippen LogP contribution in [0.25, 0.3) is 0 Å². The molecule has 0 unspecified atom stereocenters. The van der Waals surface area contributed by atoms with Crippen LogP contribution in [-0.2, 0) is 4.74 Å². The lowest BCUT2D eigenvalue weighted by atomic mass is 9.50. The van der Waals surface area contributed by atoms with Crippen LogP contribution < -0.4 is 0 Å². The Kier molecular flexibility index (Phi) is 6.23. The molecule has 1 saturated carbocycles. The van der Waals surface area contributed by atoms with Gasteiger partial charge in [0.05, 0.1) is 24.9 Å². The maximum atomic E-state index is 10.7. The van der Waals surface area contributed by atoms with Crippen LogP contribution in [0.2, 0.25) is 0 Å². The molecule has 1 aliphatic heterocycles. The average Bonchev–Trinajstić information content (AvgIpc) is 3.05. The van der Waals surface area contributed by atoms with Crippen molar-refractivity contribution in [3.05, 3.63) is 11.1 Å². The Morgan fingerprint density at radius 1 is 1.07 bits per heavy atom. The van der Waals surface area contributed by atoms with E-state index in [9.17, 15) is 10.2 Å². The fraction of sp³-hybridized carbons (Fsp3) is 0.926. The molecule has 4 rings (SSSR count). The van der Waals surface area contributed by atoms with Gasteiger partial charge < -0.3 is 14.9 Å². The maximum Gasteiger partial charge on any atom is 0.0880 e. The summed E-state index contributed by atoms with van der Waals surface area (Å²) in [6.07, 6.45) is 11.6. The first-order valence-electron chi connectivity index (χ1n) is 12.8. The van der Waals surface area contributed by atoms with Crippen molar-refractivity contribution in [2.45, 2.75) is 111 Å². The van der Waals surface area contributed by atoms with Crippen molar-refractivity contribution in [1.29, 1.82) is 0 Å². The normalized spacial score (nSPS) is 44.6. The summed E-state index contributed by atoms with van der Waals surface area (Å²) in [6.45, 7) is 13.0. The van der Waals surface area contributed by atoms with Crippen LogP contribution in [0.1, 0.15) is 98.8 Å². The number of aliphatic hydroxyl groups is 2. The van der Waals surface area contributed by atoms with Crippen molar-refractivity contribution in [2.24, 2.45) is 34.5 Å². The zero-order valence-corrected chi connectivity index (χ0v) is 20.2. The van der Waals surface area contributed by atoms with E-state index >= 15 is 0 Å². The van der Waals surface area contributed by atoms with Gasteiger partial charge in [0.1, 0.15) is 0 Å². The van der Waals surface area contributed by atoms with Crippen LogP contribution in [0.4, 0.5) is 0 Å². The molecule has 3 aliphatic carbocycles. The van der Waals surface area contributed by atoms with Crippen molar-refractivity contribution < 1.29 is 14.9 Å². The molecule has 0 aromatic rings. The zero-order chi connectivity index (χ0) is 21.7. The summed E-state index contributed by atoms with van der Waals surface area (Å²) >= 11 is 0. The molecule has 1 heterocycles. The minimum Gasteiger partial charge on any atom is -0.393 e. The Bertz CT molecular complexity index is 669. The van der Waals surface area contributed by atoms with E-state index in [1.54, 1.807) is 11.1 Å². The molecule has 172 valence electrons. The lowest BCUT2D eigenvalue weighted by Crippen LogP contribution is -2.51. The molecule has 1 saturated heterocycles. The van der Waals surface area contributed by atoms with Crippen molar-refractivity contribution in [3.63, 3.8) is 0 Å². The van der Waals surface area contributed by atoms with Gasteiger partial charge in [0.25, 0.3) is 0 Å². The number of hydrogen-bond donors (Lipinski definition) is 2. The van der Waals surface area contributed by atoms with E-state index in [1.165, 1.54) is 32.1 Å². The molecule has 7 atom stereocenters. The third-order valence-corrected chi connectivity index (χ3v) is 10.0. The first kappa shape index (κ1) is 22.8. The van der Waals surface area contributed by atoms with Crippen molar-refractivity contribution in [1.82, 2.24) is 0 Å². The van der Waals surface area contributed by atoms with E-state index in [1.807, 2.05) is 0 Å². The highest BCUT2D eigenvalue weighted by Gasteiger charge is 2.57. The number of allylic oxidation sites excluding steroid dienone is 1. The minimum absolute atomic E-state index is 0.0916. The molecule has 0 aromatic carbocycles. The molecular formula is C27H46O3. The standard InChI is InChI=1S/C27H46O3/c1-18(2)7-6-8-19(3)23-16-30-24-21-10-9-20-15-27(29,17-28)14-13-25(20,4)22(21)11-12-26(23,24)5/h18-20,23-24,28-29H,6-17H2,1-5H3/t19-,20+,23-,24+,25+,26-,27+/m1/s1. The Balaban J connectivity index is 1.52. The van der Waals surface area contributed by atoms with Gasteiger partial charge in [-0.15, -0.1) is 0 Å². The van der Waals surface area contributed by atoms with Crippen LogP contribution in [0.15, 0.2) is 11.1 Å². The second kappa shape index (κ2) is 8.19. The molecule has 2 fully saturated rings. The number of aliphatic hydroxyl groups excluding tert-OH is 1. The van der Waals surface area contributed by atoms with E-state index in [4.69, 9.17) is 4.74 Å². The fourth-order valence-corrected chi connectivity index (χ4v) is 7.87. The summed E-state index contributed by atoms with van der Waals surface area (Å²) in [7, 11) is 0. The lowest BCUT2D eigenvalue weighted by molar-refractivity contribution is -0.0923. The molecular weight excluding hydrogens is 372 g/mol. The van der Waals surface area contributed by atoms with Gasteiger partial charge in [-0.25, -0.2) is 0 Å². The number of ether oxygens (including phenoxy) is 1. The highest BCUT2D eigenvalue weighted by Crippen LogP contribution is 2.63. The van der Waals surface area contributed by atoms with Crippen molar-refractivity contribution >= 4 is 0 Å². The van der Waals surface area contributed by atoms with Crippen LogP contribution in [0.3, 0.4) is 0 Å². The largest absolute Gasteiger partial charge is 0.393 e. The Morgan fingerprint density at radius 3 is 2.53 bits per heavy atom. The SMILES string of the molecule is CC(C)CCC[C@@H](C)[C@H]1CO[C@H]2C3=C(CC[C@]12C)[C@@]1(C)CC[C@@](O)(CO)C[C@@H]1CC3. The van der Waals surface area contributed by atoms with Crippen LogP contribution >= 0.6 is 0 Å². The molecule has 3 nitrogen and oxygen atoms in total. The molecule has 0 bridgehead atoms. The van der Waals surface area contributed by atoms with Gasteiger partial charge in [-0.3, -0.25) is 0 Å². The lowest BCUT2D eigenvalue weighted by Gasteiger charge is -2.56. The molecule has 0 aromatic heterocycles. The van der Waals surface area contributed by atoms with Gasteiger partial charge in [-0.1, -0.05) is 59.5 Å². The summed E-state index contributed by atoms with van der Waals surface area (Å²) in [6, 6.07) is 0. The Morgan fingerprint density at radius 2 is 1.83 bits per heavy atom. The van der Waals surface area contributed by atoms with E-state index in [-0.39, 0.29) is 12.0 Å². The fourth-order valence-electron chi connectivity index (χ4n) is 7.87. The molecule has 30 heavy (non-hydrogen) atoms. The van der Waals surface area contributed by atoms with E-state index < -0.39 is 5.60 Å².